The fraction of sp³-hybridized carbons (Fsp3) is 0. The van der Waals surface area contributed by atoms with Gasteiger partial charge in [0.25, 0.3) is 0 Å². The van der Waals surface area contributed by atoms with Gasteiger partial charge < -0.3 is 4.42 Å². The fourth-order valence-corrected chi connectivity index (χ4v) is 2.30. The van der Waals surface area contributed by atoms with Crippen molar-refractivity contribution < 1.29 is 4.42 Å². The third-order valence-electron chi connectivity index (χ3n) is 2.90. The van der Waals surface area contributed by atoms with Crippen LogP contribution in [0.1, 0.15) is 0 Å². The van der Waals surface area contributed by atoms with Crippen molar-refractivity contribution in [2.24, 2.45) is 0 Å². The number of hydrogen-bond donors (Lipinski definition) is 1. The molecule has 0 N–H and O–H groups in total. The highest BCUT2D eigenvalue weighted by Gasteiger charge is 2.13. The number of thiol groups is 1. The van der Waals surface area contributed by atoms with E-state index in [0.717, 1.165) is 16.6 Å². The summed E-state index contributed by atoms with van der Waals surface area (Å²) < 4.78 is 6.93. The lowest BCUT2D eigenvalue weighted by Gasteiger charge is -2.00. The Kier molecular flexibility index (Phi) is 2.13. The SMILES string of the molecule is Sc1nc2ccccc2c2nc(-c3ccco3)nn12. The zero-order chi connectivity index (χ0) is 12.8. The maximum atomic E-state index is 5.32. The summed E-state index contributed by atoms with van der Waals surface area (Å²) in [6.45, 7) is 0. The van der Waals surface area contributed by atoms with Crippen molar-refractivity contribution in [1.82, 2.24) is 19.6 Å². The highest BCUT2D eigenvalue weighted by molar-refractivity contribution is 7.80. The average Bonchev–Trinajstić information content (AvgIpc) is 3.08. The lowest BCUT2D eigenvalue weighted by atomic mass is 10.2. The van der Waals surface area contributed by atoms with E-state index in [1.807, 2.05) is 30.3 Å². The number of para-hydroxylation sites is 1. The molecule has 0 bridgehead atoms. The molecule has 0 aliphatic rings. The molecule has 0 amide bonds. The molecule has 3 aromatic heterocycles. The van der Waals surface area contributed by atoms with E-state index in [1.54, 1.807) is 16.8 Å². The van der Waals surface area contributed by atoms with Crippen LogP contribution in [0.2, 0.25) is 0 Å². The predicted molar refractivity (Wildman–Crippen MR) is 73.2 cm³/mol. The first kappa shape index (κ1) is 10.6. The van der Waals surface area contributed by atoms with Crippen LogP contribution in [0.25, 0.3) is 28.1 Å². The van der Waals surface area contributed by atoms with Gasteiger partial charge in [-0.15, -0.1) is 17.7 Å². The molecule has 0 aliphatic carbocycles. The molecule has 0 radical (unpaired) electrons. The molecule has 3 heterocycles. The van der Waals surface area contributed by atoms with E-state index < -0.39 is 0 Å². The van der Waals surface area contributed by atoms with Gasteiger partial charge in [-0.05, 0) is 24.3 Å². The summed E-state index contributed by atoms with van der Waals surface area (Å²) in [5, 5.41) is 5.81. The van der Waals surface area contributed by atoms with Gasteiger partial charge in [-0.25, -0.2) is 9.97 Å². The second-order valence-corrected chi connectivity index (χ2v) is 4.48. The topological polar surface area (TPSA) is 56.2 Å². The van der Waals surface area contributed by atoms with Crippen LogP contribution in [0.15, 0.2) is 52.2 Å². The Bertz CT molecular complexity index is 882. The summed E-state index contributed by atoms with van der Waals surface area (Å²) >= 11 is 4.36. The van der Waals surface area contributed by atoms with Gasteiger partial charge >= 0.3 is 0 Å². The van der Waals surface area contributed by atoms with Crippen molar-refractivity contribution in [2.75, 3.05) is 0 Å². The summed E-state index contributed by atoms with van der Waals surface area (Å²) in [6.07, 6.45) is 1.60. The Morgan fingerprint density at radius 3 is 2.79 bits per heavy atom. The largest absolute Gasteiger partial charge is 0.461 e. The van der Waals surface area contributed by atoms with Gasteiger partial charge in [0, 0.05) is 5.39 Å². The standard InChI is InChI=1S/C13H8N4OS/c19-13-14-9-5-2-1-4-8(9)12-15-11(16-17(12)13)10-6-3-7-18-10/h1-7H,(H,14,19). The Balaban J connectivity index is 2.12. The summed E-state index contributed by atoms with van der Waals surface area (Å²) in [6, 6.07) is 11.4. The van der Waals surface area contributed by atoms with Gasteiger partial charge in [0.2, 0.25) is 5.82 Å². The molecular formula is C13H8N4OS. The molecule has 0 atom stereocenters. The molecule has 0 fully saturated rings. The van der Waals surface area contributed by atoms with Crippen LogP contribution in [-0.4, -0.2) is 19.6 Å². The molecule has 0 saturated carbocycles. The fourth-order valence-electron chi connectivity index (χ4n) is 2.05. The van der Waals surface area contributed by atoms with Gasteiger partial charge in [0.1, 0.15) is 0 Å². The quantitative estimate of drug-likeness (QED) is 0.426. The van der Waals surface area contributed by atoms with Crippen molar-refractivity contribution in [1.29, 1.82) is 0 Å². The number of benzene rings is 1. The number of nitrogens with zero attached hydrogens (tertiary/aromatic N) is 4. The Labute approximate surface area is 113 Å². The molecule has 92 valence electrons. The molecule has 1 aromatic carbocycles. The maximum Gasteiger partial charge on any atom is 0.218 e. The van der Waals surface area contributed by atoms with Crippen molar-refractivity contribution >= 4 is 29.2 Å². The van der Waals surface area contributed by atoms with Crippen LogP contribution in [0, 0.1) is 0 Å². The lowest BCUT2D eigenvalue weighted by Crippen LogP contribution is -1.95. The lowest BCUT2D eigenvalue weighted by molar-refractivity contribution is 0.576. The zero-order valence-corrected chi connectivity index (χ0v) is 10.6. The highest BCUT2D eigenvalue weighted by Crippen LogP contribution is 2.23. The Morgan fingerprint density at radius 2 is 1.95 bits per heavy atom. The number of rotatable bonds is 1. The van der Waals surface area contributed by atoms with E-state index in [1.165, 1.54) is 0 Å². The minimum atomic E-state index is 0.499. The zero-order valence-electron chi connectivity index (χ0n) is 9.69. The summed E-state index contributed by atoms with van der Waals surface area (Å²) in [7, 11) is 0. The van der Waals surface area contributed by atoms with Crippen LogP contribution in [-0.2, 0) is 0 Å². The smallest absolute Gasteiger partial charge is 0.218 e. The van der Waals surface area contributed by atoms with Crippen LogP contribution in [0.5, 0.6) is 0 Å². The van der Waals surface area contributed by atoms with Crippen LogP contribution >= 0.6 is 12.6 Å². The van der Waals surface area contributed by atoms with Gasteiger partial charge in [0.15, 0.2) is 16.6 Å². The minimum Gasteiger partial charge on any atom is -0.461 e. The molecule has 4 aromatic rings. The van der Waals surface area contributed by atoms with Gasteiger partial charge in [-0.3, -0.25) is 0 Å². The van der Waals surface area contributed by atoms with E-state index >= 15 is 0 Å². The third-order valence-corrected chi connectivity index (χ3v) is 3.19. The Hall–Kier alpha value is -2.34. The highest BCUT2D eigenvalue weighted by atomic mass is 32.1. The van der Waals surface area contributed by atoms with Crippen LogP contribution < -0.4 is 0 Å². The maximum absolute atomic E-state index is 5.32. The molecule has 0 saturated heterocycles. The monoisotopic (exact) mass is 268 g/mol. The second-order valence-electron chi connectivity index (χ2n) is 4.08. The van der Waals surface area contributed by atoms with Crippen LogP contribution in [0.3, 0.4) is 0 Å². The molecular weight excluding hydrogens is 260 g/mol. The molecule has 0 unspecified atom stereocenters. The molecule has 0 spiro atoms. The predicted octanol–water partition coefficient (Wildman–Crippen LogP) is 2.83. The van der Waals surface area contributed by atoms with Gasteiger partial charge in [-0.2, -0.15) is 4.52 Å². The van der Waals surface area contributed by atoms with Crippen molar-refractivity contribution in [3.8, 4) is 11.6 Å². The molecule has 19 heavy (non-hydrogen) atoms. The van der Waals surface area contributed by atoms with Crippen molar-refractivity contribution in [3.05, 3.63) is 42.7 Å². The van der Waals surface area contributed by atoms with E-state index in [0.29, 0.717) is 16.7 Å². The third kappa shape index (κ3) is 1.53. The molecule has 5 nitrogen and oxygen atoms in total. The summed E-state index contributed by atoms with van der Waals surface area (Å²) in [5.74, 6) is 1.15. The normalized spacial score (nSPS) is 11.4. The van der Waals surface area contributed by atoms with E-state index in [-0.39, 0.29) is 0 Å². The minimum absolute atomic E-state index is 0.499. The molecule has 0 aliphatic heterocycles. The number of furan rings is 1. The summed E-state index contributed by atoms with van der Waals surface area (Å²) in [5.41, 5.74) is 1.57. The van der Waals surface area contributed by atoms with Crippen LogP contribution in [0.4, 0.5) is 0 Å². The summed E-state index contributed by atoms with van der Waals surface area (Å²) in [4.78, 5) is 8.91. The average molecular weight is 268 g/mol. The first-order chi connectivity index (χ1) is 9.33. The first-order valence-corrected chi connectivity index (χ1v) is 6.16. The van der Waals surface area contributed by atoms with Crippen molar-refractivity contribution in [3.63, 3.8) is 0 Å². The number of fused-ring (bicyclic) bond motifs is 3. The van der Waals surface area contributed by atoms with Crippen molar-refractivity contribution in [2.45, 2.75) is 5.16 Å². The first-order valence-electron chi connectivity index (χ1n) is 5.71. The molecule has 4 rings (SSSR count). The van der Waals surface area contributed by atoms with E-state index in [2.05, 4.69) is 27.7 Å². The van der Waals surface area contributed by atoms with Gasteiger partial charge in [-0.1, -0.05) is 12.1 Å². The number of aromatic nitrogens is 4. The Morgan fingerprint density at radius 1 is 1.05 bits per heavy atom. The second kappa shape index (κ2) is 3.83. The van der Waals surface area contributed by atoms with Gasteiger partial charge in [0.05, 0.1) is 11.8 Å². The number of hydrogen-bond acceptors (Lipinski definition) is 5. The van der Waals surface area contributed by atoms with E-state index in [9.17, 15) is 0 Å². The molecule has 6 heteroatoms. The van der Waals surface area contributed by atoms with E-state index in [4.69, 9.17) is 4.42 Å².